The molecule has 1 amide bonds. The van der Waals surface area contributed by atoms with Crippen molar-refractivity contribution in [2.75, 3.05) is 32.0 Å². The Bertz CT molecular complexity index is 459. The summed E-state index contributed by atoms with van der Waals surface area (Å²) in [5.41, 5.74) is 0.986. The van der Waals surface area contributed by atoms with Gasteiger partial charge in [-0.15, -0.1) is 0 Å². The molecule has 0 spiro atoms. The molecule has 2 N–H and O–H groups in total. The molecule has 2 heterocycles. The van der Waals surface area contributed by atoms with Gasteiger partial charge in [0.05, 0.1) is 11.9 Å². The number of rotatable bonds is 6. The molecule has 118 valence electrons. The number of hydrogen-bond donors (Lipinski definition) is 2. The highest BCUT2D eigenvalue weighted by molar-refractivity contribution is 5.75. The van der Waals surface area contributed by atoms with E-state index in [1.54, 1.807) is 17.9 Å². The topological polar surface area (TPSA) is 62.2 Å². The van der Waals surface area contributed by atoms with Crippen LogP contribution in [0, 0.1) is 5.92 Å². The van der Waals surface area contributed by atoms with Crippen LogP contribution in [0.4, 0.5) is 5.69 Å². The molecule has 1 fully saturated rings. The van der Waals surface area contributed by atoms with Crippen LogP contribution >= 0.6 is 0 Å². The predicted octanol–water partition coefficient (Wildman–Crippen LogP) is 1.16. The summed E-state index contributed by atoms with van der Waals surface area (Å²) in [7, 11) is 1.63. The minimum absolute atomic E-state index is 0.0384. The Morgan fingerprint density at radius 3 is 3.10 bits per heavy atom. The van der Waals surface area contributed by atoms with Crippen LogP contribution < -0.4 is 10.6 Å². The number of anilines is 1. The minimum Gasteiger partial charge on any atom is -0.380 e. The van der Waals surface area contributed by atoms with Gasteiger partial charge in [0.2, 0.25) is 5.91 Å². The van der Waals surface area contributed by atoms with Gasteiger partial charge in [-0.3, -0.25) is 9.48 Å². The van der Waals surface area contributed by atoms with Crippen LogP contribution in [-0.2, 0) is 11.3 Å². The lowest BCUT2D eigenvalue weighted by Gasteiger charge is -2.35. The highest BCUT2D eigenvalue weighted by Crippen LogP contribution is 2.22. The number of aromatic nitrogens is 2. The van der Waals surface area contributed by atoms with Gasteiger partial charge in [-0.2, -0.15) is 5.10 Å². The zero-order valence-electron chi connectivity index (χ0n) is 13.3. The molecule has 0 aromatic carbocycles. The summed E-state index contributed by atoms with van der Waals surface area (Å²) in [6.07, 6.45) is 6.24. The van der Waals surface area contributed by atoms with E-state index in [0.717, 1.165) is 18.8 Å². The maximum atomic E-state index is 11.3. The van der Waals surface area contributed by atoms with Gasteiger partial charge >= 0.3 is 0 Å². The van der Waals surface area contributed by atoms with Gasteiger partial charge in [0.1, 0.15) is 6.54 Å². The summed E-state index contributed by atoms with van der Waals surface area (Å²) < 4.78 is 1.66. The molecule has 0 saturated carbocycles. The molecule has 0 radical (unpaired) electrons. The number of nitrogens with zero attached hydrogens (tertiary/aromatic N) is 3. The first-order valence-corrected chi connectivity index (χ1v) is 7.84. The number of nitrogens with one attached hydrogen (secondary N) is 2. The number of piperidine rings is 1. The third-order valence-corrected chi connectivity index (χ3v) is 4.31. The van der Waals surface area contributed by atoms with Gasteiger partial charge < -0.3 is 15.5 Å². The molecule has 6 nitrogen and oxygen atoms in total. The summed E-state index contributed by atoms with van der Waals surface area (Å²) in [6, 6.07) is 0.414. The van der Waals surface area contributed by atoms with E-state index >= 15 is 0 Å². The smallest absolute Gasteiger partial charge is 0.241 e. The zero-order valence-corrected chi connectivity index (χ0v) is 13.3. The van der Waals surface area contributed by atoms with Crippen molar-refractivity contribution in [2.45, 2.75) is 39.3 Å². The van der Waals surface area contributed by atoms with Crippen LogP contribution in [0.15, 0.2) is 12.4 Å². The van der Waals surface area contributed by atoms with Gasteiger partial charge in [0.25, 0.3) is 0 Å². The molecule has 1 saturated heterocycles. The second-order valence-corrected chi connectivity index (χ2v) is 5.83. The van der Waals surface area contributed by atoms with E-state index in [0.29, 0.717) is 12.0 Å². The van der Waals surface area contributed by atoms with Gasteiger partial charge in [0.15, 0.2) is 0 Å². The normalized spacial score (nSPS) is 21.0. The fourth-order valence-electron chi connectivity index (χ4n) is 2.92. The lowest BCUT2D eigenvalue weighted by atomic mass is 9.91. The largest absolute Gasteiger partial charge is 0.380 e. The molecule has 1 aliphatic heterocycles. The van der Waals surface area contributed by atoms with Crippen LogP contribution in [0.5, 0.6) is 0 Å². The summed E-state index contributed by atoms with van der Waals surface area (Å²) in [4.78, 5) is 13.8. The van der Waals surface area contributed by atoms with Crippen molar-refractivity contribution in [1.82, 2.24) is 20.0 Å². The second kappa shape index (κ2) is 7.45. The standard InChI is InChI=1S/C15H27N5O/c1-4-19-7-5-6-13(9-19)12(2)18-14-8-17-20(10-14)11-15(21)16-3/h8,10,12-13,18H,4-7,9,11H2,1-3H3,(H,16,21). The van der Waals surface area contributed by atoms with Crippen LogP contribution in [0.1, 0.15) is 26.7 Å². The minimum atomic E-state index is -0.0384. The van der Waals surface area contributed by atoms with Crippen LogP contribution in [0.3, 0.4) is 0 Å². The van der Waals surface area contributed by atoms with Crippen LogP contribution in [0.25, 0.3) is 0 Å². The number of carbonyl (C=O) groups excluding carboxylic acids is 1. The van der Waals surface area contributed by atoms with Crippen LogP contribution in [-0.4, -0.2) is 53.3 Å². The molecule has 21 heavy (non-hydrogen) atoms. The molecule has 1 aromatic heterocycles. The van der Waals surface area contributed by atoms with E-state index in [4.69, 9.17) is 0 Å². The highest BCUT2D eigenvalue weighted by Gasteiger charge is 2.23. The maximum Gasteiger partial charge on any atom is 0.241 e. The van der Waals surface area contributed by atoms with E-state index < -0.39 is 0 Å². The molecular formula is C15H27N5O. The molecule has 1 aromatic rings. The first-order chi connectivity index (χ1) is 10.1. The molecule has 1 aliphatic rings. The quantitative estimate of drug-likeness (QED) is 0.826. The number of amides is 1. The monoisotopic (exact) mass is 293 g/mol. The van der Waals surface area contributed by atoms with Gasteiger partial charge in [0, 0.05) is 25.8 Å². The van der Waals surface area contributed by atoms with Crippen LogP contribution in [0.2, 0.25) is 0 Å². The third-order valence-electron chi connectivity index (χ3n) is 4.31. The lowest BCUT2D eigenvalue weighted by Crippen LogP contribution is -2.41. The van der Waals surface area contributed by atoms with Gasteiger partial charge in [-0.1, -0.05) is 6.92 Å². The molecule has 0 bridgehead atoms. The van der Waals surface area contributed by atoms with E-state index in [2.05, 4.69) is 34.5 Å². The first kappa shape index (κ1) is 15.8. The van der Waals surface area contributed by atoms with E-state index in [1.165, 1.54) is 19.4 Å². The predicted molar refractivity (Wildman–Crippen MR) is 84.2 cm³/mol. The first-order valence-electron chi connectivity index (χ1n) is 7.84. The van der Waals surface area contributed by atoms with Gasteiger partial charge in [-0.05, 0) is 38.8 Å². The fourth-order valence-corrected chi connectivity index (χ4v) is 2.92. The summed E-state index contributed by atoms with van der Waals surface area (Å²) in [6.45, 7) is 8.25. The Hall–Kier alpha value is -1.56. The van der Waals surface area contributed by atoms with Crippen molar-refractivity contribution in [1.29, 1.82) is 0 Å². The van der Waals surface area contributed by atoms with Gasteiger partial charge in [-0.25, -0.2) is 0 Å². The fraction of sp³-hybridized carbons (Fsp3) is 0.733. The second-order valence-electron chi connectivity index (χ2n) is 5.83. The molecule has 2 atom stereocenters. The zero-order chi connectivity index (χ0) is 15.2. The van der Waals surface area contributed by atoms with Crippen molar-refractivity contribution < 1.29 is 4.79 Å². The SMILES string of the molecule is CCN1CCCC(C(C)Nc2cnn(CC(=O)NC)c2)C1. The molecule has 0 aliphatic carbocycles. The number of carbonyl (C=O) groups is 1. The molecule has 6 heteroatoms. The number of likely N-dealkylation sites (tertiary alicyclic amines) is 1. The average molecular weight is 293 g/mol. The Morgan fingerprint density at radius 1 is 1.57 bits per heavy atom. The third kappa shape index (κ3) is 4.46. The van der Waals surface area contributed by atoms with Crippen molar-refractivity contribution in [3.8, 4) is 0 Å². The van der Waals surface area contributed by atoms with E-state index in [-0.39, 0.29) is 12.5 Å². The Balaban J connectivity index is 1.87. The summed E-state index contributed by atoms with van der Waals surface area (Å²) >= 11 is 0. The average Bonchev–Trinajstić information content (AvgIpc) is 2.94. The van der Waals surface area contributed by atoms with E-state index in [9.17, 15) is 4.79 Å². The van der Waals surface area contributed by atoms with Crippen molar-refractivity contribution in [2.24, 2.45) is 5.92 Å². The number of likely N-dealkylation sites (N-methyl/N-ethyl adjacent to an activating group) is 1. The lowest BCUT2D eigenvalue weighted by molar-refractivity contribution is -0.121. The Morgan fingerprint density at radius 2 is 2.38 bits per heavy atom. The Kier molecular flexibility index (Phi) is 5.61. The molecule has 2 rings (SSSR count). The van der Waals surface area contributed by atoms with Crippen molar-refractivity contribution >= 4 is 11.6 Å². The molecular weight excluding hydrogens is 266 g/mol. The van der Waals surface area contributed by atoms with Crippen molar-refractivity contribution in [3.05, 3.63) is 12.4 Å². The summed E-state index contributed by atoms with van der Waals surface area (Å²) in [5, 5.41) is 10.3. The van der Waals surface area contributed by atoms with Crippen molar-refractivity contribution in [3.63, 3.8) is 0 Å². The maximum absolute atomic E-state index is 11.3. The Labute approximate surface area is 126 Å². The summed E-state index contributed by atoms with van der Waals surface area (Å²) in [5.74, 6) is 0.629. The van der Waals surface area contributed by atoms with E-state index in [1.807, 2.05) is 6.20 Å². The number of hydrogen-bond acceptors (Lipinski definition) is 4. The highest BCUT2D eigenvalue weighted by atomic mass is 16.1. The molecule has 2 unspecified atom stereocenters.